The van der Waals surface area contributed by atoms with Gasteiger partial charge in [0, 0.05) is 23.6 Å². The van der Waals surface area contributed by atoms with E-state index in [0.717, 1.165) is 6.07 Å². The Bertz CT molecular complexity index is 751. The second kappa shape index (κ2) is 8.13. The van der Waals surface area contributed by atoms with Crippen LogP contribution < -0.4 is 10.6 Å². The smallest absolute Gasteiger partial charge is 0.286 e. The van der Waals surface area contributed by atoms with Crippen molar-refractivity contribution in [2.24, 2.45) is 0 Å². The molecule has 2 amide bonds. The third-order valence-corrected chi connectivity index (χ3v) is 3.43. The quantitative estimate of drug-likeness (QED) is 0.837. The molecule has 0 spiro atoms. The van der Waals surface area contributed by atoms with Crippen molar-refractivity contribution in [2.45, 2.75) is 12.5 Å². The highest BCUT2D eigenvalue weighted by molar-refractivity contribution is 6.31. The highest BCUT2D eigenvalue weighted by Crippen LogP contribution is 2.25. The molecule has 1 heterocycles. The Balaban J connectivity index is 1.89. The molecule has 0 aliphatic heterocycles. The number of rotatable bonds is 6. The van der Waals surface area contributed by atoms with Crippen molar-refractivity contribution in [3.63, 3.8) is 0 Å². The van der Waals surface area contributed by atoms with Gasteiger partial charge >= 0.3 is 0 Å². The highest BCUT2D eigenvalue weighted by Gasteiger charge is 2.20. The Kier molecular flexibility index (Phi) is 5.93. The summed E-state index contributed by atoms with van der Waals surface area (Å²) in [4.78, 5) is 23.5. The van der Waals surface area contributed by atoms with Gasteiger partial charge in [0.15, 0.2) is 5.76 Å². The van der Waals surface area contributed by atoms with E-state index in [0.29, 0.717) is 0 Å². The lowest BCUT2D eigenvalue weighted by atomic mass is 10.1. The maximum atomic E-state index is 13.8. The van der Waals surface area contributed by atoms with Crippen LogP contribution in [0.4, 0.5) is 4.39 Å². The monoisotopic (exact) mass is 349 g/mol. The van der Waals surface area contributed by atoms with E-state index < -0.39 is 23.7 Å². The largest absolute Gasteiger partial charge is 0.459 e. The van der Waals surface area contributed by atoms with Gasteiger partial charge in [-0.3, -0.25) is 9.59 Å². The van der Waals surface area contributed by atoms with Crippen LogP contribution in [0.15, 0.2) is 41.0 Å². The van der Waals surface area contributed by atoms with Gasteiger partial charge in [0.05, 0.1) is 12.3 Å². The summed E-state index contributed by atoms with van der Waals surface area (Å²) in [7, 11) is 0. The molecule has 2 N–H and O–H groups in total. The number of amides is 2. The molecule has 0 saturated heterocycles. The van der Waals surface area contributed by atoms with Crippen LogP contribution in [-0.2, 0) is 4.79 Å². The fraction of sp³-hybridized carbons (Fsp3) is 0.188. The minimum atomic E-state index is -1.22. The summed E-state index contributed by atoms with van der Waals surface area (Å²) in [6.45, 7) is 0.0362. The molecule has 0 fully saturated rings. The first-order valence-corrected chi connectivity index (χ1v) is 7.35. The lowest BCUT2D eigenvalue weighted by Gasteiger charge is -2.14. The van der Waals surface area contributed by atoms with Gasteiger partial charge in [-0.25, -0.2) is 4.39 Å². The van der Waals surface area contributed by atoms with Crippen LogP contribution in [0.3, 0.4) is 0 Å². The Morgan fingerprint density at radius 2 is 2.12 bits per heavy atom. The number of nitrogens with zero attached hydrogens (tertiary/aromatic N) is 1. The van der Waals surface area contributed by atoms with Crippen molar-refractivity contribution in [3.05, 3.63) is 58.8 Å². The number of nitrogens with one attached hydrogen (secondary N) is 2. The van der Waals surface area contributed by atoms with Crippen LogP contribution in [0.1, 0.15) is 28.6 Å². The average Bonchev–Trinajstić information content (AvgIpc) is 3.08. The number of carbonyl (C=O) groups excluding carboxylic acids is 2. The second-order valence-corrected chi connectivity index (χ2v) is 5.16. The molecule has 0 aliphatic rings. The maximum Gasteiger partial charge on any atom is 0.286 e. The summed E-state index contributed by atoms with van der Waals surface area (Å²) < 4.78 is 18.7. The van der Waals surface area contributed by atoms with E-state index in [1.54, 1.807) is 12.1 Å². The fourth-order valence-electron chi connectivity index (χ4n) is 1.97. The van der Waals surface area contributed by atoms with Crippen molar-refractivity contribution >= 4 is 23.4 Å². The number of furan rings is 1. The van der Waals surface area contributed by atoms with Crippen LogP contribution in [-0.4, -0.2) is 18.4 Å². The number of benzene rings is 1. The molecular weight excluding hydrogens is 337 g/mol. The lowest BCUT2D eigenvalue weighted by molar-refractivity contribution is -0.121. The molecule has 24 heavy (non-hydrogen) atoms. The van der Waals surface area contributed by atoms with Gasteiger partial charge in [0.2, 0.25) is 5.91 Å². The van der Waals surface area contributed by atoms with Crippen molar-refractivity contribution in [2.75, 3.05) is 6.54 Å². The molecule has 0 saturated carbocycles. The topological polar surface area (TPSA) is 95.1 Å². The van der Waals surface area contributed by atoms with E-state index in [1.807, 2.05) is 0 Å². The standard InChI is InChI=1S/C16H13ClFN3O3/c17-10-3-1-4-11(18)15(10)12(9-19)21-14(22)6-7-20-16(23)13-5-2-8-24-13/h1-5,8,12H,6-7H2,(H,20,23)(H,21,22)/t12-/m1/s1. The fourth-order valence-corrected chi connectivity index (χ4v) is 2.25. The summed E-state index contributed by atoms with van der Waals surface area (Å²) in [6.07, 6.45) is 1.27. The summed E-state index contributed by atoms with van der Waals surface area (Å²) in [5, 5.41) is 14.1. The van der Waals surface area contributed by atoms with Gasteiger partial charge in [0.1, 0.15) is 11.9 Å². The first kappa shape index (κ1) is 17.5. The highest BCUT2D eigenvalue weighted by atomic mass is 35.5. The molecule has 8 heteroatoms. The molecule has 0 bridgehead atoms. The van der Waals surface area contributed by atoms with Gasteiger partial charge in [-0.15, -0.1) is 0 Å². The van der Waals surface area contributed by atoms with Crippen molar-refractivity contribution in [1.82, 2.24) is 10.6 Å². The van der Waals surface area contributed by atoms with Gasteiger partial charge < -0.3 is 15.1 Å². The third kappa shape index (κ3) is 4.33. The molecular formula is C16H13ClFN3O3. The number of nitriles is 1. The van der Waals surface area contributed by atoms with Gasteiger partial charge in [-0.1, -0.05) is 17.7 Å². The van der Waals surface area contributed by atoms with Crippen molar-refractivity contribution in [1.29, 1.82) is 5.26 Å². The predicted molar refractivity (Wildman–Crippen MR) is 83.6 cm³/mol. The zero-order valence-electron chi connectivity index (χ0n) is 12.4. The van der Waals surface area contributed by atoms with Crippen LogP contribution in [0.25, 0.3) is 0 Å². The van der Waals surface area contributed by atoms with Gasteiger partial charge in [-0.05, 0) is 24.3 Å². The molecule has 0 aliphatic carbocycles. The molecule has 1 aromatic heterocycles. The summed E-state index contributed by atoms with van der Waals surface area (Å²) in [6, 6.07) is 7.62. The first-order valence-electron chi connectivity index (χ1n) is 6.97. The summed E-state index contributed by atoms with van der Waals surface area (Å²) in [5.74, 6) is -1.54. The maximum absolute atomic E-state index is 13.8. The number of hydrogen-bond acceptors (Lipinski definition) is 4. The molecule has 1 aromatic carbocycles. The van der Waals surface area contributed by atoms with Crippen LogP contribution in [0.2, 0.25) is 5.02 Å². The van der Waals surface area contributed by atoms with E-state index in [-0.39, 0.29) is 29.3 Å². The molecule has 0 unspecified atom stereocenters. The molecule has 0 radical (unpaired) electrons. The summed E-state index contributed by atoms with van der Waals surface area (Å²) in [5.41, 5.74) is -0.0883. The van der Waals surface area contributed by atoms with E-state index >= 15 is 0 Å². The van der Waals surface area contributed by atoms with E-state index in [2.05, 4.69) is 10.6 Å². The number of hydrogen-bond donors (Lipinski definition) is 2. The van der Waals surface area contributed by atoms with Gasteiger partial charge in [-0.2, -0.15) is 5.26 Å². The Hall–Kier alpha value is -2.85. The number of halogens is 2. The Morgan fingerprint density at radius 3 is 2.75 bits per heavy atom. The molecule has 6 nitrogen and oxygen atoms in total. The van der Waals surface area contributed by atoms with Crippen LogP contribution in [0, 0.1) is 17.1 Å². The molecule has 2 rings (SSSR count). The third-order valence-electron chi connectivity index (χ3n) is 3.11. The molecule has 124 valence electrons. The average molecular weight is 350 g/mol. The SMILES string of the molecule is N#C[C@@H](NC(=O)CCNC(=O)c1ccco1)c1c(F)cccc1Cl. The second-order valence-electron chi connectivity index (χ2n) is 4.75. The zero-order chi connectivity index (χ0) is 17.5. The number of carbonyl (C=O) groups is 2. The Morgan fingerprint density at radius 1 is 1.33 bits per heavy atom. The normalized spacial score (nSPS) is 11.4. The first-order chi connectivity index (χ1) is 11.5. The minimum Gasteiger partial charge on any atom is -0.459 e. The molecule has 2 aromatic rings. The van der Waals surface area contributed by atoms with Crippen molar-refractivity contribution < 1.29 is 18.4 Å². The van der Waals surface area contributed by atoms with E-state index in [1.165, 1.54) is 24.5 Å². The lowest BCUT2D eigenvalue weighted by Crippen LogP contribution is -2.32. The van der Waals surface area contributed by atoms with Crippen molar-refractivity contribution in [3.8, 4) is 6.07 Å². The van der Waals surface area contributed by atoms with E-state index in [9.17, 15) is 14.0 Å². The van der Waals surface area contributed by atoms with Gasteiger partial charge in [0.25, 0.3) is 5.91 Å². The molecule has 1 atom stereocenters. The van der Waals surface area contributed by atoms with Crippen LogP contribution >= 0.6 is 11.6 Å². The summed E-state index contributed by atoms with van der Waals surface area (Å²) >= 11 is 5.88. The predicted octanol–water partition coefficient (Wildman–Crippen LogP) is 2.57. The minimum absolute atomic E-state index is 0.0362. The van der Waals surface area contributed by atoms with E-state index in [4.69, 9.17) is 21.3 Å². The zero-order valence-corrected chi connectivity index (χ0v) is 13.1. The Labute approximate surface area is 142 Å². The van der Waals surface area contributed by atoms with Crippen LogP contribution in [0.5, 0.6) is 0 Å².